The molecule has 2 aromatic rings. The van der Waals surface area contributed by atoms with Gasteiger partial charge in [-0.2, -0.15) is 17.4 Å². The minimum Gasteiger partial charge on any atom is -0.198 e. The van der Waals surface area contributed by atoms with Gasteiger partial charge in [0.25, 0.3) is 10.2 Å². The lowest BCUT2D eigenvalue weighted by Crippen LogP contribution is -2.51. The van der Waals surface area contributed by atoms with Gasteiger partial charge in [0.05, 0.1) is 0 Å². The minimum absolute atomic E-state index is 0.0349. The maximum Gasteiger partial charge on any atom is 0.279 e. The van der Waals surface area contributed by atoms with E-state index in [1.807, 2.05) is 50.2 Å². The number of nitrogens with one attached hydrogen (secondary N) is 1. The second-order valence-corrected chi connectivity index (χ2v) is 8.82. The molecule has 1 saturated heterocycles. The van der Waals surface area contributed by atoms with Gasteiger partial charge in [0.2, 0.25) is 0 Å². The summed E-state index contributed by atoms with van der Waals surface area (Å²) in [5.74, 6) is -0.0349. The van der Waals surface area contributed by atoms with E-state index >= 15 is 0 Å². The van der Waals surface area contributed by atoms with E-state index in [0.29, 0.717) is 6.54 Å². The van der Waals surface area contributed by atoms with E-state index in [9.17, 15) is 8.42 Å². The second kappa shape index (κ2) is 8.33. The van der Waals surface area contributed by atoms with E-state index in [4.69, 9.17) is 0 Å². The van der Waals surface area contributed by atoms with Crippen molar-refractivity contribution in [2.75, 3.05) is 6.54 Å². The molecule has 0 radical (unpaired) electrons. The van der Waals surface area contributed by atoms with Gasteiger partial charge in [0.15, 0.2) is 0 Å². The molecule has 4 nitrogen and oxygen atoms in total. The molecule has 0 saturated carbocycles. The van der Waals surface area contributed by atoms with E-state index in [1.54, 1.807) is 4.31 Å². The third kappa shape index (κ3) is 4.34. The molecular weight excluding hydrogens is 344 g/mol. The van der Waals surface area contributed by atoms with Crippen molar-refractivity contribution in [2.24, 2.45) is 0 Å². The molecule has 0 unspecified atom stereocenters. The maximum absolute atomic E-state index is 13.0. The topological polar surface area (TPSA) is 49.4 Å². The Morgan fingerprint density at radius 1 is 0.962 bits per heavy atom. The summed E-state index contributed by atoms with van der Waals surface area (Å²) in [7, 11) is -3.51. The van der Waals surface area contributed by atoms with Crippen LogP contribution >= 0.6 is 0 Å². The molecule has 26 heavy (non-hydrogen) atoms. The average molecular weight is 373 g/mol. The zero-order chi connectivity index (χ0) is 18.6. The highest BCUT2D eigenvalue weighted by molar-refractivity contribution is 7.87. The molecule has 0 spiro atoms. The number of nitrogens with zero attached hydrogens (tertiary/aromatic N) is 1. The highest BCUT2D eigenvalue weighted by Crippen LogP contribution is 2.29. The first-order valence-corrected chi connectivity index (χ1v) is 10.8. The Kier molecular flexibility index (Phi) is 6.12. The molecular formula is C21H28N2O2S. The molecule has 1 heterocycles. The Morgan fingerprint density at radius 2 is 1.50 bits per heavy atom. The zero-order valence-corrected chi connectivity index (χ0v) is 16.3. The van der Waals surface area contributed by atoms with Crippen molar-refractivity contribution in [1.29, 1.82) is 0 Å². The lowest BCUT2D eigenvalue weighted by molar-refractivity contribution is 0.263. The third-order valence-corrected chi connectivity index (χ3v) is 7.03. The molecule has 2 atom stereocenters. The molecule has 2 aromatic carbocycles. The van der Waals surface area contributed by atoms with E-state index < -0.39 is 10.2 Å². The summed E-state index contributed by atoms with van der Waals surface area (Å²) in [5.41, 5.74) is 2.22. The molecule has 1 fully saturated rings. The second-order valence-electron chi connectivity index (χ2n) is 7.17. The van der Waals surface area contributed by atoms with Gasteiger partial charge in [-0.1, -0.05) is 67.1 Å². The molecule has 140 valence electrons. The number of hydrogen-bond acceptors (Lipinski definition) is 2. The Labute approximate surface area is 157 Å². The van der Waals surface area contributed by atoms with Gasteiger partial charge < -0.3 is 0 Å². The lowest BCUT2D eigenvalue weighted by atomic mass is 9.86. The van der Waals surface area contributed by atoms with E-state index in [-0.39, 0.29) is 18.0 Å². The zero-order valence-electron chi connectivity index (χ0n) is 15.5. The van der Waals surface area contributed by atoms with Crippen LogP contribution in [0.5, 0.6) is 0 Å². The molecule has 3 rings (SSSR count). The van der Waals surface area contributed by atoms with Gasteiger partial charge in [-0.3, -0.25) is 0 Å². The van der Waals surface area contributed by atoms with Gasteiger partial charge in [0.1, 0.15) is 0 Å². The van der Waals surface area contributed by atoms with Crippen molar-refractivity contribution >= 4 is 10.2 Å². The molecule has 0 bridgehead atoms. The first-order chi connectivity index (χ1) is 12.5. The normalized spacial score (nSPS) is 20.2. The van der Waals surface area contributed by atoms with Crippen LogP contribution < -0.4 is 4.72 Å². The Morgan fingerprint density at radius 3 is 2.00 bits per heavy atom. The van der Waals surface area contributed by atoms with Crippen LogP contribution in [0.25, 0.3) is 0 Å². The molecule has 0 aromatic heterocycles. The molecule has 1 N–H and O–H groups in total. The summed E-state index contributed by atoms with van der Waals surface area (Å²) in [6.07, 6.45) is 2.95. The van der Waals surface area contributed by atoms with Crippen LogP contribution in [0.2, 0.25) is 0 Å². The Bertz CT molecular complexity index is 754. The fourth-order valence-corrected chi connectivity index (χ4v) is 5.58. The fraction of sp³-hybridized carbons (Fsp3) is 0.429. The SMILES string of the molecule is C[C@@H](NS(=O)(=O)N1CCCC[C@@H]1C)C(c1ccccc1)c1ccccc1. The summed E-state index contributed by atoms with van der Waals surface area (Å²) in [6.45, 7) is 4.55. The predicted molar refractivity (Wildman–Crippen MR) is 106 cm³/mol. The number of rotatable bonds is 6. The Hall–Kier alpha value is -1.69. The van der Waals surface area contributed by atoms with Crippen molar-refractivity contribution in [3.8, 4) is 0 Å². The standard InChI is InChI=1S/C21H28N2O2S/c1-17-11-9-10-16-23(17)26(24,25)22-18(2)21(19-12-5-3-6-13-19)20-14-7-4-8-15-20/h3-8,12-15,17-18,21-22H,9-11,16H2,1-2H3/t17-,18+/m0/s1. The number of piperidine rings is 1. The lowest BCUT2D eigenvalue weighted by Gasteiger charge is -2.34. The quantitative estimate of drug-likeness (QED) is 0.836. The third-order valence-electron chi connectivity index (χ3n) is 5.20. The van der Waals surface area contributed by atoms with Crippen molar-refractivity contribution in [2.45, 2.75) is 51.1 Å². The Balaban J connectivity index is 1.87. The summed E-state index contributed by atoms with van der Waals surface area (Å²) < 4.78 is 30.6. The first kappa shape index (κ1) is 19.1. The number of benzene rings is 2. The predicted octanol–water partition coefficient (Wildman–Crippen LogP) is 3.92. The minimum atomic E-state index is -3.51. The van der Waals surface area contributed by atoms with Crippen molar-refractivity contribution in [1.82, 2.24) is 9.03 Å². The summed E-state index contributed by atoms with van der Waals surface area (Å²) in [6, 6.07) is 20.0. The first-order valence-electron chi connectivity index (χ1n) is 9.38. The molecule has 1 aliphatic heterocycles. The largest absolute Gasteiger partial charge is 0.279 e. The van der Waals surface area contributed by atoms with Crippen LogP contribution in [-0.4, -0.2) is 31.4 Å². The van der Waals surface area contributed by atoms with Crippen molar-refractivity contribution < 1.29 is 8.42 Å². The van der Waals surface area contributed by atoms with E-state index in [2.05, 4.69) is 29.0 Å². The maximum atomic E-state index is 13.0. The van der Waals surface area contributed by atoms with Crippen LogP contribution in [0, 0.1) is 0 Å². The van der Waals surface area contributed by atoms with Gasteiger partial charge >= 0.3 is 0 Å². The van der Waals surface area contributed by atoms with E-state index in [0.717, 1.165) is 30.4 Å². The highest BCUT2D eigenvalue weighted by Gasteiger charge is 2.33. The van der Waals surface area contributed by atoms with Crippen LogP contribution in [0.1, 0.15) is 50.2 Å². The molecule has 1 aliphatic rings. The van der Waals surface area contributed by atoms with Gasteiger partial charge in [-0.05, 0) is 37.8 Å². The van der Waals surface area contributed by atoms with Crippen LogP contribution in [0.3, 0.4) is 0 Å². The average Bonchev–Trinajstić information content (AvgIpc) is 2.63. The van der Waals surface area contributed by atoms with Gasteiger partial charge in [0, 0.05) is 24.5 Å². The highest BCUT2D eigenvalue weighted by atomic mass is 32.2. The molecule has 0 aliphatic carbocycles. The fourth-order valence-electron chi connectivity index (χ4n) is 3.89. The van der Waals surface area contributed by atoms with E-state index in [1.165, 1.54) is 0 Å². The molecule has 0 amide bonds. The van der Waals surface area contributed by atoms with Crippen LogP contribution in [0.15, 0.2) is 60.7 Å². The van der Waals surface area contributed by atoms with Crippen LogP contribution in [0.4, 0.5) is 0 Å². The van der Waals surface area contributed by atoms with Crippen LogP contribution in [-0.2, 0) is 10.2 Å². The molecule has 5 heteroatoms. The van der Waals surface area contributed by atoms with Crippen molar-refractivity contribution in [3.63, 3.8) is 0 Å². The summed E-state index contributed by atoms with van der Waals surface area (Å²) >= 11 is 0. The summed E-state index contributed by atoms with van der Waals surface area (Å²) in [4.78, 5) is 0. The van der Waals surface area contributed by atoms with Gasteiger partial charge in [-0.25, -0.2) is 0 Å². The monoisotopic (exact) mass is 372 g/mol. The summed E-state index contributed by atoms with van der Waals surface area (Å²) in [5, 5.41) is 0. The van der Waals surface area contributed by atoms with Crippen molar-refractivity contribution in [3.05, 3.63) is 71.8 Å². The smallest absolute Gasteiger partial charge is 0.198 e. The number of hydrogen-bond donors (Lipinski definition) is 1. The van der Waals surface area contributed by atoms with Gasteiger partial charge in [-0.15, -0.1) is 0 Å².